The summed E-state index contributed by atoms with van der Waals surface area (Å²) in [5.74, 6) is -0.701. The van der Waals surface area contributed by atoms with Crippen LogP contribution in [0, 0.1) is 5.92 Å². The number of halogens is 1. The Morgan fingerprint density at radius 1 is 0.914 bits per heavy atom. The van der Waals surface area contributed by atoms with E-state index >= 15 is 0 Å². The lowest BCUT2D eigenvalue weighted by Crippen LogP contribution is -2.38. The smallest absolute Gasteiger partial charge is 0.259 e. The minimum Gasteiger partial charge on any atom is -0.350 e. The lowest BCUT2D eigenvalue weighted by atomic mass is 9.98. The Balaban J connectivity index is 2.04. The Kier molecular flexibility index (Phi) is 8.52. The molecule has 0 saturated carbocycles. The molecule has 1 aromatic heterocycles. The van der Waals surface area contributed by atoms with Gasteiger partial charge in [-0.15, -0.1) is 0 Å². The van der Waals surface area contributed by atoms with Crippen molar-refractivity contribution in [3.8, 4) is 0 Å². The van der Waals surface area contributed by atoms with Crippen LogP contribution in [0.4, 0.5) is 0 Å². The van der Waals surface area contributed by atoms with Crippen LogP contribution in [-0.4, -0.2) is 34.9 Å². The van der Waals surface area contributed by atoms with Crippen molar-refractivity contribution in [3.63, 3.8) is 0 Å². The molecule has 2 amide bonds. The minimum absolute atomic E-state index is 0.0164. The number of nitrogens with zero attached hydrogens (tertiary/aromatic N) is 2. The summed E-state index contributed by atoms with van der Waals surface area (Å²) in [4.78, 5) is 41.5. The van der Waals surface area contributed by atoms with Crippen LogP contribution >= 0.6 is 11.6 Å². The van der Waals surface area contributed by atoms with Gasteiger partial charge < -0.3 is 14.8 Å². The molecule has 0 fully saturated rings. The number of rotatable bonds is 8. The van der Waals surface area contributed by atoms with Crippen molar-refractivity contribution in [1.29, 1.82) is 0 Å². The van der Waals surface area contributed by atoms with Gasteiger partial charge in [0.1, 0.15) is 11.1 Å². The summed E-state index contributed by atoms with van der Waals surface area (Å²) in [5.41, 5.74) is 1.01. The fourth-order valence-electron chi connectivity index (χ4n) is 3.91. The van der Waals surface area contributed by atoms with Gasteiger partial charge in [-0.05, 0) is 43.0 Å². The zero-order chi connectivity index (χ0) is 25.7. The molecule has 6 nitrogen and oxygen atoms in total. The van der Waals surface area contributed by atoms with Crippen LogP contribution in [0.1, 0.15) is 71.6 Å². The molecule has 0 radical (unpaired) electrons. The molecule has 1 atom stereocenters. The first-order chi connectivity index (χ1) is 16.6. The highest BCUT2D eigenvalue weighted by Crippen LogP contribution is 2.24. The van der Waals surface area contributed by atoms with E-state index in [1.807, 2.05) is 70.2 Å². The SMILES string of the molecule is CC(C)CN(C)C(=O)c1cn(C(C)C)cc(C(=O)NC(c2ccccc2)c2ccc(Cl)cc2)c1=O. The fourth-order valence-corrected chi connectivity index (χ4v) is 4.04. The van der Waals surface area contributed by atoms with Gasteiger partial charge in [-0.25, -0.2) is 0 Å². The van der Waals surface area contributed by atoms with Gasteiger partial charge in [-0.3, -0.25) is 14.4 Å². The fraction of sp³-hybridized carbons (Fsp3) is 0.321. The van der Waals surface area contributed by atoms with E-state index in [4.69, 9.17) is 11.6 Å². The second-order valence-electron chi connectivity index (χ2n) is 9.40. The van der Waals surface area contributed by atoms with Gasteiger partial charge in [0, 0.05) is 37.1 Å². The van der Waals surface area contributed by atoms with Crippen molar-refractivity contribution < 1.29 is 9.59 Å². The van der Waals surface area contributed by atoms with Crippen LogP contribution in [0.25, 0.3) is 0 Å². The molecule has 0 aliphatic rings. The van der Waals surface area contributed by atoms with Crippen LogP contribution in [0.2, 0.25) is 5.02 Å². The van der Waals surface area contributed by atoms with Gasteiger partial charge in [0.2, 0.25) is 5.43 Å². The second-order valence-corrected chi connectivity index (χ2v) is 9.84. The topological polar surface area (TPSA) is 71.4 Å². The first-order valence-corrected chi connectivity index (χ1v) is 12.1. The Morgan fingerprint density at radius 2 is 1.49 bits per heavy atom. The van der Waals surface area contributed by atoms with E-state index in [1.54, 1.807) is 23.7 Å². The molecule has 2 aromatic carbocycles. The molecule has 1 heterocycles. The quantitative estimate of drug-likeness (QED) is 0.461. The van der Waals surface area contributed by atoms with Crippen LogP contribution in [0.5, 0.6) is 0 Å². The molecule has 0 aliphatic heterocycles. The predicted octanol–water partition coefficient (Wildman–Crippen LogP) is 5.33. The summed E-state index contributed by atoms with van der Waals surface area (Å²) < 4.78 is 1.73. The van der Waals surface area contributed by atoms with E-state index in [0.29, 0.717) is 11.6 Å². The summed E-state index contributed by atoms with van der Waals surface area (Å²) in [6, 6.07) is 16.1. The number of hydrogen-bond acceptors (Lipinski definition) is 3. The number of benzene rings is 2. The first kappa shape index (κ1) is 26.2. The third kappa shape index (κ3) is 6.40. The van der Waals surface area contributed by atoms with Crippen molar-refractivity contribution in [1.82, 2.24) is 14.8 Å². The van der Waals surface area contributed by atoms with Gasteiger partial charge in [-0.2, -0.15) is 0 Å². The van der Waals surface area contributed by atoms with Crippen molar-refractivity contribution >= 4 is 23.4 Å². The third-order valence-corrected chi connectivity index (χ3v) is 5.97. The first-order valence-electron chi connectivity index (χ1n) is 11.7. The number of hydrogen-bond donors (Lipinski definition) is 1. The molecule has 1 unspecified atom stereocenters. The lowest BCUT2D eigenvalue weighted by molar-refractivity contribution is 0.0777. The molecule has 0 aliphatic carbocycles. The predicted molar refractivity (Wildman–Crippen MR) is 140 cm³/mol. The van der Waals surface area contributed by atoms with Crippen molar-refractivity contribution in [2.45, 2.75) is 39.8 Å². The minimum atomic E-state index is -0.581. The van der Waals surface area contributed by atoms with E-state index in [2.05, 4.69) is 5.32 Å². The van der Waals surface area contributed by atoms with Crippen LogP contribution < -0.4 is 10.7 Å². The molecule has 0 saturated heterocycles. The zero-order valence-corrected chi connectivity index (χ0v) is 21.5. The Hall–Kier alpha value is -3.38. The summed E-state index contributed by atoms with van der Waals surface area (Å²) >= 11 is 6.07. The molecule has 7 heteroatoms. The molecule has 3 aromatic rings. The molecule has 0 bridgehead atoms. The highest BCUT2D eigenvalue weighted by Gasteiger charge is 2.25. The number of amides is 2. The van der Waals surface area contributed by atoms with E-state index in [-0.39, 0.29) is 23.1 Å². The molecule has 3 rings (SSSR count). The summed E-state index contributed by atoms with van der Waals surface area (Å²) in [6.45, 7) is 8.36. The van der Waals surface area contributed by atoms with E-state index < -0.39 is 23.3 Å². The number of nitrogens with one attached hydrogen (secondary N) is 1. The normalized spacial score (nSPS) is 12.0. The molecule has 184 valence electrons. The molecule has 35 heavy (non-hydrogen) atoms. The molecular weight excluding hydrogens is 462 g/mol. The van der Waals surface area contributed by atoms with Gasteiger partial charge in [0.15, 0.2) is 0 Å². The van der Waals surface area contributed by atoms with Crippen molar-refractivity contribution in [2.24, 2.45) is 5.92 Å². The van der Waals surface area contributed by atoms with Crippen molar-refractivity contribution in [2.75, 3.05) is 13.6 Å². The van der Waals surface area contributed by atoms with E-state index in [9.17, 15) is 14.4 Å². The standard InChI is InChI=1S/C28H32ClN3O3/c1-18(2)15-31(5)28(35)24-17-32(19(3)4)16-23(26(24)33)27(34)30-25(20-9-7-6-8-10-20)21-11-13-22(29)14-12-21/h6-14,16-19,25H,15H2,1-5H3,(H,30,34). The molecular formula is C28H32ClN3O3. The van der Waals surface area contributed by atoms with Crippen LogP contribution in [0.3, 0.4) is 0 Å². The van der Waals surface area contributed by atoms with Gasteiger partial charge in [0.05, 0.1) is 6.04 Å². The maximum Gasteiger partial charge on any atom is 0.259 e. The zero-order valence-electron chi connectivity index (χ0n) is 20.8. The lowest BCUT2D eigenvalue weighted by Gasteiger charge is -2.22. The third-order valence-electron chi connectivity index (χ3n) is 5.71. The summed E-state index contributed by atoms with van der Waals surface area (Å²) in [7, 11) is 1.67. The Labute approximate surface area is 211 Å². The highest BCUT2D eigenvalue weighted by molar-refractivity contribution is 6.30. The largest absolute Gasteiger partial charge is 0.350 e. The number of carbonyl (C=O) groups is 2. The monoisotopic (exact) mass is 493 g/mol. The highest BCUT2D eigenvalue weighted by atomic mass is 35.5. The van der Waals surface area contributed by atoms with Gasteiger partial charge >= 0.3 is 0 Å². The maximum atomic E-state index is 13.5. The molecule has 1 N–H and O–H groups in total. The van der Waals surface area contributed by atoms with E-state index in [1.165, 1.54) is 17.3 Å². The van der Waals surface area contributed by atoms with Crippen molar-refractivity contribution in [3.05, 3.63) is 104 Å². The summed E-state index contributed by atoms with van der Waals surface area (Å²) in [6.07, 6.45) is 3.06. The maximum absolute atomic E-state index is 13.5. The van der Waals surface area contributed by atoms with E-state index in [0.717, 1.165) is 11.1 Å². The summed E-state index contributed by atoms with van der Waals surface area (Å²) in [5, 5.41) is 3.59. The van der Waals surface area contributed by atoms with Gasteiger partial charge in [-0.1, -0.05) is 67.9 Å². The Morgan fingerprint density at radius 3 is 2.06 bits per heavy atom. The van der Waals surface area contributed by atoms with Crippen LogP contribution in [-0.2, 0) is 0 Å². The molecule has 0 spiro atoms. The average Bonchev–Trinajstić information content (AvgIpc) is 2.82. The second kappa shape index (κ2) is 11.4. The number of aromatic nitrogens is 1. The Bertz CT molecular complexity index is 1230. The van der Waals surface area contributed by atoms with Crippen LogP contribution in [0.15, 0.2) is 71.8 Å². The average molecular weight is 494 g/mol. The number of pyridine rings is 1. The van der Waals surface area contributed by atoms with Gasteiger partial charge in [0.25, 0.3) is 11.8 Å². The number of carbonyl (C=O) groups excluding carboxylic acids is 2.